The van der Waals surface area contributed by atoms with Crippen LogP contribution in [0.25, 0.3) is 0 Å². The Labute approximate surface area is 127 Å². The number of para-hydroxylation sites is 1. The normalized spacial score (nSPS) is 42.2. The largest absolute Gasteiger partial charge is 0.274 e. The van der Waals surface area contributed by atoms with E-state index < -0.39 is 0 Å². The maximum absolute atomic E-state index is 12.9. The molecule has 1 saturated heterocycles. The van der Waals surface area contributed by atoms with Gasteiger partial charge in [0.05, 0.1) is 22.5 Å². The molecule has 2 saturated carbocycles. The fourth-order valence-corrected chi connectivity index (χ4v) is 5.05. The van der Waals surface area contributed by atoms with E-state index in [-0.39, 0.29) is 35.5 Å². The zero-order valence-corrected chi connectivity index (χ0v) is 12.0. The summed E-state index contributed by atoms with van der Waals surface area (Å²) >= 11 is 6.20. The topological polar surface area (TPSA) is 37.4 Å². The molecule has 4 heteroatoms. The van der Waals surface area contributed by atoms with E-state index in [4.69, 9.17) is 11.6 Å². The summed E-state index contributed by atoms with van der Waals surface area (Å²) in [6.45, 7) is 0. The van der Waals surface area contributed by atoms with Crippen molar-refractivity contribution >= 4 is 29.1 Å². The van der Waals surface area contributed by atoms with Crippen LogP contribution in [0.2, 0.25) is 5.02 Å². The van der Waals surface area contributed by atoms with Crippen LogP contribution in [0.3, 0.4) is 0 Å². The Hall–Kier alpha value is -1.61. The van der Waals surface area contributed by atoms with Crippen LogP contribution in [0.15, 0.2) is 36.4 Å². The lowest BCUT2D eigenvalue weighted by Crippen LogP contribution is -2.40. The minimum absolute atomic E-state index is 0.0530. The summed E-state index contributed by atoms with van der Waals surface area (Å²) in [4.78, 5) is 27.1. The van der Waals surface area contributed by atoms with E-state index in [2.05, 4.69) is 12.2 Å². The second-order valence-electron chi connectivity index (χ2n) is 6.62. The van der Waals surface area contributed by atoms with Gasteiger partial charge in [-0.1, -0.05) is 35.9 Å². The average Bonchev–Trinajstić information content (AvgIpc) is 3.26. The Balaban J connectivity index is 1.62. The van der Waals surface area contributed by atoms with Gasteiger partial charge >= 0.3 is 0 Å². The number of rotatable bonds is 1. The first-order valence-corrected chi connectivity index (χ1v) is 7.87. The smallest absolute Gasteiger partial charge is 0.238 e. The minimum Gasteiger partial charge on any atom is -0.274 e. The monoisotopic (exact) mass is 299 g/mol. The minimum atomic E-state index is -0.160. The molecule has 4 aliphatic carbocycles. The maximum atomic E-state index is 12.9. The van der Waals surface area contributed by atoms with E-state index in [1.54, 1.807) is 12.1 Å². The third-order valence-corrected chi connectivity index (χ3v) is 6.08. The molecule has 0 spiro atoms. The van der Waals surface area contributed by atoms with Gasteiger partial charge in [0.15, 0.2) is 0 Å². The van der Waals surface area contributed by atoms with Gasteiger partial charge in [-0.2, -0.15) is 0 Å². The zero-order chi connectivity index (χ0) is 14.3. The number of allylic oxidation sites excluding steroid dienone is 2. The third kappa shape index (κ3) is 1.35. The van der Waals surface area contributed by atoms with Crippen molar-refractivity contribution in [2.24, 2.45) is 35.5 Å². The molecule has 3 nitrogen and oxygen atoms in total. The first-order chi connectivity index (χ1) is 10.2. The van der Waals surface area contributed by atoms with Gasteiger partial charge in [0, 0.05) is 0 Å². The van der Waals surface area contributed by atoms with Crippen LogP contribution in [0, 0.1) is 35.5 Å². The lowest BCUT2D eigenvalue weighted by Gasteiger charge is -2.37. The lowest BCUT2D eigenvalue weighted by molar-refractivity contribution is -0.124. The van der Waals surface area contributed by atoms with Gasteiger partial charge in [0.2, 0.25) is 11.8 Å². The van der Waals surface area contributed by atoms with E-state index in [9.17, 15) is 9.59 Å². The van der Waals surface area contributed by atoms with Crippen LogP contribution >= 0.6 is 11.6 Å². The van der Waals surface area contributed by atoms with Crippen molar-refractivity contribution in [2.75, 3.05) is 4.90 Å². The molecule has 106 valence electrons. The molecule has 5 aliphatic rings. The van der Waals surface area contributed by atoms with Gasteiger partial charge in [-0.15, -0.1) is 0 Å². The van der Waals surface area contributed by atoms with Crippen molar-refractivity contribution in [1.82, 2.24) is 0 Å². The van der Waals surface area contributed by atoms with Crippen molar-refractivity contribution < 1.29 is 9.59 Å². The molecule has 3 fully saturated rings. The van der Waals surface area contributed by atoms with Crippen LogP contribution in [-0.4, -0.2) is 11.8 Å². The van der Waals surface area contributed by atoms with Crippen molar-refractivity contribution in [2.45, 2.75) is 6.42 Å². The van der Waals surface area contributed by atoms with Crippen molar-refractivity contribution in [1.29, 1.82) is 0 Å². The maximum Gasteiger partial charge on any atom is 0.238 e. The van der Waals surface area contributed by atoms with Crippen LogP contribution < -0.4 is 4.90 Å². The summed E-state index contributed by atoms with van der Waals surface area (Å²) in [5.41, 5.74) is 0.539. The van der Waals surface area contributed by atoms with Crippen molar-refractivity contribution in [3.8, 4) is 0 Å². The number of imide groups is 1. The van der Waals surface area contributed by atoms with Crippen LogP contribution in [0.4, 0.5) is 5.69 Å². The molecule has 0 radical (unpaired) electrons. The van der Waals surface area contributed by atoms with Crippen molar-refractivity contribution in [3.05, 3.63) is 41.4 Å². The first-order valence-electron chi connectivity index (χ1n) is 7.49. The van der Waals surface area contributed by atoms with Crippen LogP contribution in [0.5, 0.6) is 0 Å². The highest BCUT2D eigenvalue weighted by atomic mass is 35.5. The summed E-state index contributed by atoms with van der Waals surface area (Å²) in [6, 6.07) is 7.10. The molecule has 0 aromatic heterocycles. The Morgan fingerprint density at radius 2 is 1.52 bits per heavy atom. The molecule has 2 amide bonds. The SMILES string of the molecule is O=C1[C@@H]2[C@H]3C=C[C@H]([C@H]4C[C@H]34)[C@@H]2C(=O)N1c1ccccc1Cl. The number of hydrogen-bond acceptors (Lipinski definition) is 2. The Morgan fingerprint density at radius 1 is 0.952 bits per heavy atom. The van der Waals surface area contributed by atoms with E-state index in [0.717, 1.165) is 0 Å². The first kappa shape index (κ1) is 12.0. The third-order valence-electron chi connectivity index (χ3n) is 5.76. The number of benzene rings is 1. The molecule has 1 heterocycles. The molecule has 1 aliphatic heterocycles. The van der Waals surface area contributed by atoms with Gasteiger partial charge < -0.3 is 0 Å². The molecule has 21 heavy (non-hydrogen) atoms. The van der Waals surface area contributed by atoms with Gasteiger partial charge in [-0.25, -0.2) is 4.90 Å². The molecule has 0 unspecified atom stereocenters. The molecule has 0 N–H and O–H groups in total. The highest BCUT2D eigenvalue weighted by molar-refractivity contribution is 6.36. The number of amides is 2. The predicted octanol–water partition coefficient (Wildman–Crippen LogP) is 2.90. The van der Waals surface area contributed by atoms with Gasteiger partial charge in [0.25, 0.3) is 0 Å². The molecule has 1 aromatic rings. The number of carbonyl (C=O) groups is 2. The summed E-state index contributed by atoms with van der Waals surface area (Å²) in [6.07, 6.45) is 5.55. The summed E-state index contributed by atoms with van der Waals surface area (Å²) in [7, 11) is 0. The molecule has 6 rings (SSSR count). The van der Waals surface area contributed by atoms with E-state index >= 15 is 0 Å². The lowest BCUT2D eigenvalue weighted by atomic mass is 9.63. The Kier molecular flexibility index (Phi) is 2.15. The average molecular weight is 300 g/mol. The number of anilines is 1. The number of hydrogen-bond donors (Lipinski definition) is 0. The van der Waals surface area contributed by atoms with Gasteiger partial charge in [0.1, 0.15) is 0 Å². The molecular weight excluding hydrogens is 286 g/mol. The highest BCUT2D eigenvalue weighted by Crippen LogP contribution is 2.65. The fraction of sp³-hybridized carbons (Fsp3) is 0.412. The van der Waals surface area contributed by atoms with E-state index in [1.165, 1.54) is 11.3 Å². The molecule has 6 atom stereocenters. The predicted molar refractivity (Wildman–Crippen MR) is 78.6 cm³/mol. The van der Waals surface area contributed by atoms with Crippen molar-refractivity contribution in [3.63, 3.8) is 0 Å². The zero-order valence-electron chi connectivity index (χ0n) is 11.3. The number of nitrogens with zero attached hydrogens (tertiary/aromatic N) is 1. The molecular formula is C17H14ClNO2. The summed E-state index contributed by atoms with van der Waals surface area (Å²) < 4.78 is 0. The van der Waals surface area contributed by atoms with E-state index in [0.29, 0.717) is 22.5 Å². The Bertz CT molecular complexity index is 676. The van der Waals surface area contributed by atoms with Crippen LogP contribution in [0.1, 0.15) is 6.42 Å². The summed E-state index contributed by atoms with van der Waals surface area (Å²) in [5, 5.41) is 0.461. The fourth-order valence-electron chi connectivity index (χ4n) is 4.83. The number of carbonyl (C=O) groups excluding carboxylic acids is 2. The van der Waals surface area contributed by atoms with Gasteiger partial charge in [-0.3, -0.25) is 9.59 Å². The standard InChI is InChI=1S/C17H14ClNO2/c18-12-3-1-2-4-13(12)19-16(20)14-8-5-6-9(11-7-10(8)11)15(14)17(19)21/h1-6,8-11,14-15H,7H2/t8-,9+,10-,11-,14+,15-/m1/s1. The van der Waals surface area contributed by atoms with Crippen LogP contribution in [-0.2, 0) is 9.59 Å². The second-order valence-corrected chi connectivity index (χ2v) is 7.03. The molecule has 2 bridgehead atoms. The Morgan fingerprint density at radius 3 is 2.10 bits per heavy atom. The van der Waals surface area contributed by atoms with Gasteiger partial charge in [-0.05, 0) is 42.2 Å². The highest BCUT2D eigenvalue weighted by Gasteiger charge is 2.67. The summed E-state index contributed by atoms with van der Waals surface area (Å²) in [5.74, 6) is 1.35. The van der Waals surface area contributed by atoms with E-state index in [1.807, 2.05) is 12.1 Å². The quantitative estimate of drug-likeness (QED) is 0.591. The molecule has 1 aromatic carbocycles. The second kappa shape index (κ2) is 3.77. The number of halogens is 1.